The lowest BCUT2D eigenvalue weighted by Crippen LogP contribution is -2.50. The van der Waals surface area contributed by atoms with Gasteiger partial charge in [-0.05, 0) is 43.2 Å². The highest BCUT2D eigenvalue weighted by atomic mass is 32.2. The molecule has 0 spiro atoms. The molecule has 0 aromatic carbocycles. The molecule has 0 bridgehead atoms. The predicted molar refractivity (Wildman–Crippen MR) is 110 cm³/mol. The zero-order valence-electron chi connectivity index (χ0n) is 16.0. The summed E-state index contributed by atoms with van der Waals surface area (Å²) < 4.78 is 42.2. The van der Waals surface area contributed by atoms with E-state index in [1.54, 1.807) is 36.1 Å². The first kappa shape index (κ1) is 19.5. The first-order valence-corrected chi connectivity index (χ1v) is 11.1. The molecule has 2 N–H and O–H groups in total. The van der Waals surface area contributed by atoms with Crippen LogP contribution < -0.4 is 5.73 Å². The number of aromatic nitrogens is 3. The molecule has 3 aromatic heterocycles. The van der Waals surface area contributed by atoms with Gasteiger partial charge in [0.1, 0.15) is 11.4 Å². The Labute approximate surface area is 171 Å². The molecule has 29 heavy (non-hydrogen) atoms. The van der Waals surface area contributed by atoms with Gasteiger partial charge in [-0.2, -0.15) is 5.10 Å². The third kappa shape index (κ3) is 3.40. The summed E-state index contributed by atoms with van der Waals surface area (Å²) in [5, 5.41) is 4.24. The van der Waals surface area contributed by atoms with Gasteiger partial charge in [-0.1, -0.05) is 0 Å². The second-order valence-electron chi connectivity index (χ2n) is 7.12. The summed E-state index contributed by atoms with van der Waals surface area (Å²) in [5.74, 6) is -0.436. The first-order valence-electron chi connectivity index (χ1n) is 8.69. The fourth-order valence-corrected chi connectivity index (χ4v) is 5.83. The van der Waals surface area contributed by atoms with Crippen LogP contribution in [0.5, 0.6) is 0 Å². The Hall–Kier alpha value is -2.79. The van der Waals surface area contributed by atoms with Crippen LogP contribution in [0.1, 0.15) is 17.4 Å². The summed E-state index contributed by atoms with van der Waals surface area (Å²) in [7, 11) is -2.35. The number of thiophene rings is 1. The molecule has 0 aliphatic carbocycles. The van der Waals surface area contributed by atoms with E-state index in [0.717, 1.165) is 26.8 Å². The molecule has 0 amide bonds. The third-order valence-corrected chi connectivity index (χ3v) is 8.08. The lowest BCUT2D eigenvalue weighted by molar-refractivity contribution is 0.466. The number of nitrogens with two attached hydrogens (primary N) is 1. The summed E-state index contributed by atoms with van der Waals surface area (Å²) in [4.78, 5) is 9.45. The topological polar surface area (TPSA) is 106 Å². The highest BCUT2D eigenvalue weighted by Gasteiger charge is 2.42. The summed E-state index contributed by atoms with van der Waals surface area (Å²) in [6.45, 7) is 3.50. The van der Waals surface area contributed by atoms with Crippen molar-refractivity contribution in [2.75, 3.05) is 12.8 Å². The number of hydrogen-bond acceptors (Lipinski definition) is 7. The number of guanidine groups is 1. The van der Waals surface area contributed by atoms with Gasteiger partial charge in [0, 0.05) is 24.3 Å². The largest absolute Gasteiger partial charge is 0.369 e. The van der Waals surface area contributed by atoms with Gasteiger partial charge in [0.05, 0.1) is 16.8 Å². The lowest BCUT2D eigenvalue weighted by Gasteiger charge is -2.33. The van der Waals surface area contributed by atoms with Gasteiger partial charge in [-0.3, -0.25) is 0 Å². The van der Waals surface area contributed by atoms with Gasteiger partial charge in [0.2, 0.25) is 16.0 Å². The fourth-order valence-electron chi connectivity index (χ4n) is 3.18. The van der Waals surface area contributed by atoms with Crippen LogP contribution in [-0.4, -0.2) is 46.2 Å². The summed E-state index contributed by atoms with van der Waals surface area (Å²) >= 11 is 1.15. The van der Waals surface area contributed by atoms with Crippen molar-refractivity contribution in [1.29, 1.82) is 0 Å². The molecule has 8 nitrogen and oxygen atoms in total. The Morgan fingerprint density at radius 2 is 2.10 bits per heavy atom. The zero-order chi connectivity index (χ0) is 21.0. The molecule has 3 aromatic rings. The van der Waals surface area contributed by atoms with Crippen molar-refractivity contribution in [3.63, 3.8) is 0 Å². The average molecular weight is 435 g/mol. The summed E-state index contributed by atoms with van der Waals surface area (Å²) in [6.07, 6.45) is 5.19. The molecule has 4 rings (SSSR count). The van der Waals surface area contributed by atoms with Crippen molar-refractivity contribution in [1.82, 2.24) is 19.1 Å². The highest BCUT2D eigenvalue weighted by molar-refractivity contribution is 7.89. The predicted octanol–water partition coefficient (Wildman–Crippen LogP) is 2.25. The van der Waals surface area contributed by atoms with Gasteiger partial charge < -0.3 is 5.73 Å². The van der Waals surface area contributed by atoms with E-state index in [0.29, 0.717) is 10.7 Å². The highest BCUT2D eigenvalue weighted by Crippen LogP contribution is 2.41. The molecule has 4 heterocycles. The molecule has 152 valence electrons. The molecular weight excluding hydrogens is 415 g/mol. The van der Waals surface area contributed by atoms with Crippen molar-refractivity contribution in [2.24, 2.45) is 10.7 Å². The number of halogens is 1. The first-order chi connectivity index (χ1) is 13.6. The zero-order valence-corrected chi connectivity index (χ0v) is 17.6. The molecule has 0 fully saturated rings. The number of nitrogens with zero attached hydrogens (tertiary/aromatic N) is 5. The Bertz CT molecular complexity index is 1230. The standard InChI is InChI=1S/C18H19FN6O2S2/c1-11-8-22-25(9-11)15-6-12(4-5-21-15)14-7-13(19)16(28-14)18(2)10-29(26,27)24(3)17(20)23-18/h4-9H,10H2,1-3H3,(H2,20,23). The minimum atomic E-state index is -3.68. The minimum absolute atomic E-state index is 0.159. The molecular formula is C18H19FN6O2S2. The Morgan fingerprint density at radius 1 is 1.34 bits per heavy atom. The van der Waals surface area contributed by atoms with E-state index < -0.39 is 21.4 Å². The molecule has 0 saturated heterocycles. The summed E-state index contributed by atoms with van der Waals surface area (Å²) in [6, 6.07) is 4.95. The third-order valence-electron chi connectivity index (χ3n) is 4.72. The van der Waals surface area contributed by atoms with Gasteiger partial charge in [-0.15, -0.1) is 11.3 Å². The Balaban J connectivity index is 1.76. The maximum Gasteiger partial charge on any atom is 0.239 e. The fraction of sp³-hybridized carbons (Fsp3) is 0.278. The van der Waals surface area contributed by atoms with Crippen LogP contribution in [0.2, 0.25) is 0 Å². The smallest absolute Gasteiger partial charge is 0.239 e. The number of pyridine rings is 1. The number of aliphatic imine (C=N–C) groups is 1. The van der Waals surface area contributed by atoms with Crippen LogP contribution in [0.25, 0.3) is 16.3 Å². The van der Waals surface area contributed by atoms with E-state index in [1.807, 2.05) is 13.1 Å². The van der Waals surface area contributed by atoms with Crippen LogP contribution in [-0.2, 0) is 15.6 Å². The van der Waals surface area contributed by atoms with Gasteiger partial charge >= 0.3 is 0 Å². The molecule has 0 saturated carbocycles. The van der Waals surface area contributed by atoms with Crippen LogP contribution in [0, 0.1) is 12.7 Å². The van der Waals surface area contributed by atoms with E-state index >= 15 is 0 Å². The maximum atomic E-state index is 14.9. The van der Waals surface area contributed by atoms with E-state index in [4.69, 9.17) is 5.73 Å². The van der Waals surface area contributed by atoms with E-state index in [9.17, 15) is 12.8 Å². The van der Waals surface area contributed by atoms with Crippen molar-refractivity contribution >= 4 is 27.3 Å². The molecule has 11 heteroatoms. The minimum Gasteiger partial charge on any atom is -0.369 e. The van der Waals surface area contributed by atoms with Crippen molar-refractivity contribution in [3.8, 4) is 16.3 Å². The second kappa shape index (κ2) is 6.63. The van der Waals surface area contributed by atoms with Crippen LogP contribution in [0.15, 0.2) is 41.8 Å². The van der Waals surface area contributed by atoms with Gasteiger partial charge in [0.25, 0.3) is 0 Å². The molecule has 1 unspecified atom stereocenters. The molecule has 1 aliphatic rings. The van der Waals surface area contributed by atoms with Crippen molar-refractivity contribution in [3.05, 3.63) is 53.0 Å². The monoisotopic (exact) mass is 434 g/mol. The molecule has 0 radical (unpaired) electrons. The SMILES string of the molecule is Cc1cnn(-c2cc(-c3cc(F)c(C4(C)CS(=O)(=O)N(C)C(N)=N4)s3)ccn2)c1. The van der Waals surface area contributed by atoms with E-state index in [2.05, 4.69) is 15.1 Å². The summed E-state index contributed by atoms with van der Waals surface area (Å²) in [5.41, 5.74) is 6.23. The number of sulfonamides is 1. The van der Waals surface area contributed by atoms with Crippen LogP contribution in [0.4, 0.5) is 4.39 Å². The quantitative estimate of drug-likeness (QED) is 0.680. The molecule has 1 atom stereocenters. The van der Waals surface area contributed by atoms with Crippen molar-refractivity contribution in [2.45, 2.75) is 19.4 Å². The number of hydrogen-bond donors (Lipinski definition) is 1. The second-order valence-corrected chi connectivity index (χ2v) is 10.2. The van der Waals surface area contributed by atoms with Gasteiger partial charge in [-0.25, -0.2) is 31.8 Å². The van der Waals surface area contributed by atoms with E-state index in [-0.39, 0.29) is 16.6 Å². The van der Waals surface area contributed by atoms with Crippen LogP contribution in [0.3, 0.4) is 0 Å². The molecule has 1 aliphatic heterocycles. The average Bonchev–Trinajstić information content (AvgIpc) is 3.26. The Morgan fingerprint density at radius 3 is 2.76 bits per heavy atom. The lowest BCUT2D eigenvalue weighted by atomic mass is 10.0. The maximum absolute atomic E-state index is 14.9. The van der Waals surface area contributed by atoms with Crippen LogP contribution >= 0.6 is 11.3 Å². The van der Waals surface area contributed by atoms with Crippen molar-refractivity contribution < 1.29 is 12.8 Å². The number of rotatable bonds is 3. The number of aryl methyl sites for hydroxylation is 1. The van der Waals surface area contributed by atoms with Gasteiger partial charge in [0.15, 0.2) is 5.82 Å². The Kier molecular flexibility index (Phi) is 4.46. The normalized spacial score (nSPS) is 21.2. The van der Waals surface area contributed by atoms with E-state index in [1.165, 1.54) is 13.1 Å².